The van der Waals surface area contributed by atoms with E-state index in [0.29, 0.717) is 0 Å². The van der Waals surface area contributed by atoms with Gasteiger partial charge in [-0.3, -0.25) is 0 Å². The standard InChI is InChI=1S/C36H42BrS4/c1-3-5-7-9-17-27-24-29(19-13-16-26-14-11-12-15-26)38-35(27)32-22-20-30(39-32)31-21-23-33(40-31)36-28(25-34(37)41-36)18-10-8-6-4-2/h11-12,14-15,20-25H,3-10,13,16-19H2,1-2H3. The van der Waals surface area contributed by atoms with E-state index in [4.69, 9.17) is 0 Å². The molecule has 41 heavy (non-hydrogen) atoms. The molecule has 0 aromatic carbocycles. The van der Waals surface area contributed by atoms with Crippen molar-refractivity contribution in [1.29, 1.82) is 0 Å². The van der Waals surface area contributed by atoms with Crippen LogP contribution in [0.15, 0.2) is 40.2 Å². The van der Waals surface area contributed by atoms with Crippen LogP contribution in [-0.4, -0.2) is 0 Å². The summed E-state index contributed by atoms with van der Waals surface area (Å²) in [5.74, 6) is 1.47. The van der Waals surface area contributed by atoms with Crippen molar-refractivity contribution in [3.8, 4) is 29.3 Å². The van der Waals surface area contributed by atoms with Crippen LogP contribution in [0.3, 0.4) is 0 Å². The first-order valence-corrected chi connectivity index (χ1v) is 19.5. The largest absolute Gasteiger partial charge is 0.139 e. The highest BCUT2D eigenvalue weighted by atomic mass is 79.9. The molecule has 1 aliphatic rings. The molecule has 4 heterocycles. The zero-order chi connectivity index (χ0) is 28.4. The molecule has 5 radical (unpaired) electrons. The summed E-state index contributed by atoms with van der Waals surface area (Å²) in [4.78, 5) is 10.2. The predicted octanol–water partition coefficient (Wildman–Crippen LogP) is 13.7. The van der Waals surface area contributed by atoms with Crippen LogP contribution in [0.4, 0.5) is 0 Å². The van der Waals surface area contributed by atoms with Crippen molar-refractivity contribution in [3.05, 3.63) is 87.8 Å². The molecule has 0 atom stereocenters. The SMILES string of the molecule is CCCCCCc1cc(Br)sc1-c1ccc(-c2ccc(-c3sc(CCC[C]4[CH][CH][CH][CH]4)cc3CCCCCC)s2)s1. The summed E-state index contributed by atoms with van der Waals surface area (Å²) in [6, 6.07) is 14.3. The van der Waals surface area contributed by atoms with Gasteiger partial charge < -0.3 is 0 Å². The van der Waals surface area contributed by atoms with Crippen molar-refractivity contribution in [3.63, 3.8) is 0 Å². The van der Waals surface area contributed by atoms with Gasteiger partial charge in [0.05, 0.1) is 3.79 Å². The number of hydrogen-bond acceptors (Lipinski definition) is 4. The minimum Gasteiger partial charge on any atom is -0.139 e. The number of unbranched alkanes of at least 4 members (excludes halogenated alkanes) is 6. The minimum absolute atomic E-state index is 1.18. The van der Waals surface area contributed by atoms with E-state index in [-0.39, 0.29) is 0 Å². The fourth-order valence-electron chi connectivity index (χ4n) is 5.51. The number of halogens is 1. The maximum Gasteiger partial charge on any atom is 0.0708 e. The highest BCUT2D eigenvalue weighted by Gasteiger charge is 2.19. The molecule has 1 aliphatic carbocycles. The Morgan fingerprint density at radius 2 is 1.10 bits per heavy atom. The molecule has 5 rings (SSSR count). The molecule has 0 nitrogen and oxygen atoms in total. The fraction of sp³-hybridized carbons (Fsp3) is 0.417. The van der Waals surface area contributed by atoms with Gasteiger partial charge in [-0.2, -0.15) is 0 Å². The zero-order valence-corrected chi connectivity index (χ0v) is 29.3. The lowest BCUT2D eigenvalue weighted by atomic mass is 10.00. The van der Waals surface area contributed by atoms with E-state index >= 15 is 0 Å². The van der Waals surface area contributed by atoms with E-state index in [9.17, 15) is 0 Å². The number of hydrogen-bond donors (Lipinski definition) is 0. The first-order chi connectivity index (χ1) is 20.1. The Kier molecular flexibility index (Phi) is 12.7. The Morgan fingerprint density at radius 3 is 1.71 bits per heavy atom. The Morgan fingerprint density at radius 1 is 0.537 bits per heavy atom. The molecule has 0 spiro atoms. The molecule has 4 aromatic heterocycles. The summed E-state index contributed by atoms with van der Waals surface area (Å²) in [5.41, 5.74) is 3.08. The molecule has 0 N–H and O–H groups in total. The van der Waals surface area contributed by atoms with Crippen LogP contribution >= 0.6 is 61.3 Å². The molecule has 217 valence electrons. The van der Waals surface area contributed by atoms with E-state index in [1.807, 2.05) is 34.0 Å². The summed E-state index contributed by atoms with van der Waals surface area (Å²) in [6.07, 6.45) is 25.3. The number of thiophene rings is 4. The Balaban J connectivity index is 1.30. The van der Waals surface area contributed by atoms with Crippen molar-refractivity contribution in [1.82, 2.24) is 0 Å². The molecule has 0 amide bonds. The molecule has 0 bridgehead atoms. The smallest absolute Gasteiger partial charge is 0.0708 e. The second kappa shape index (κ2) is 16.4. The highest BCUT2D eigenvalue weighted by Crippen LogP contribution is 2.46. The van der Waals surface area contributed by atoms with E-state index in [1.165, 1.54) is 128 Å². The summed E-state index contributed by atoms with van der Waals surface area (Å²) in [5, 5.41) is 0. The summed E-state index contributed by atoms with van der Waals surface area (Å²) in [6.45, 7) is 4.59. The second-order valence-corrected chi connectivity index (χ2v) is 16.8. The van der Waals surface area contributed by atoms with Gasteiger partial charge in [-0.15, -0.1) is 45.3 Å². The minimum atomic E-state index is 1.18. The number of rotatable bonds is 17. The third-order valence-electron chi connectivity index (χ3n) is 7.76. The van der Waals surface area contributed by atoms with Gasteiger partial charge in [0.1, 0.15) is 0 Å². The molecule has 4 aromatic rings. The molecule has 1 saturated carbocycles. The molecular formula is C36H42BrS4. The van der Waals surface area contributed by atoms with Gasteiger partial charge in [-0.05, 0) is 140 Å². The fourth-order valence-corrected chi connectivity index (χ4v) is 10.9. The van der Waals surface area contributed by atoms with E-state index < -0.39 is 0 Å². The van der Waals surface area contributed by atoms with Crippen LogP contribution in [0.5, 0.6) is 0 Å². The van der Waals surface area contributed by atoms with Crippen molar-refractivity contribution in [2.75, 3.05) is 0 Å². The van der Waals surface area contributed by atoms with Crippen molar-refractivity contribution in [2.24, 2.45) is 0 Å². The molecule has 0 saturated heterocycles. The Bertz CT molecular complexity index is 1330. The third kappa shape index (κ3) is 8.91. The normalized spacial score (nSPS) is 14.0. The average Bonchev–Trinajstić information content (AvgIpc) is 3.80. The van der Waals surface area contributed by atoms with E-state index in [1.54, 1.807) is 10.4 Å². The average molecular weight is 683 g/mol. The summed E-state index contributed by atoms with van der Waals surface area (Å²) in [7, 11) is 0. The molecule has 5 heteroatoms. The van der Waals surface area contributed by atoms with Gasteiger partial charge >= 0.3 is 0 Å². The van der Waals surface area contributed by atoms with Gasteiger partial charge in [-0.25, -0.2) is 0 Å². The second-order valence-electron chi connectivity index (χ2n) is 11.1. The lowest BCUT2D eigenvalue weighted by molar-refractivity contribution is 0.667. The molecule has 0 aliphatic heterocycles. The van der Waals surface area contributed by atoms with Crippen molar-refractivity contribution in [2.45, 2.75) is 97.3 Å². The van der Waals surface area contributed by atoms with Crippen LogP contribution in [0.2, 0.25) is 0 Å². The van der Waals surface area contributed by atoms with Gasteiger partial charge in [0.25, 0.3) is 0 Å². The first kappa shape index (κ1) is 31.7. The number of aryl methyl sites for hydroxylation is 3. The van der Waals surface area contributed by atoms with Gasteiger partial charge in [0.2, 0.25) is 0 Å². The maximum atomic E-state index is 3.77. The van der Waals surface area contributed by atoms with Crippen molar-refractivity contribution < 1.29 is 0 Å². The van der Waals surface area contributed by atoms with Crippen molar-refractivity contribution >= 4 is 61.3 Å². The summed E-state index contributed by atoms with van der Waals surface area (Å²) < 4.78 is 1.25. The Labute approximate surface area is 273 Å². The quantitative estimate of drug-likeness (QED) is 0.0973. The van der Waals surface area contributed by atoms with Gasteiger partial charge in [0.15, 0.2) is 0 Å². The third-order valence-corrected chi connectivity index (χ3v) is 13.4. The monoisotopic (exact) mass is 681 g/mol. The maximum absolute atomic E-state index is 3.77. The van der Waals surface area contributed by atoms with Crippen LogP contribution in [-0.2, 0) is 19.3 Å². The van der Waals surface area contributed by atoms with Gasteiger partial charge in [0, 0.05) is 34.1 Å². The molecular weight excluding hydrogens is 641 g/mol. The van der Waals surface area contributed by atoms with E-state index in [2.05, 4.69) is 103 Å². The predicted molar refractivity (Wildman–Crippen MR) is 191 cm³/mol. The molecule has 0 unspecified atom stereocenters. The van der Waals surface area contributed by atoms with Crippen LogP contribution in [0.1, 0.15) is 94.1 Å². The highest BCUT2D eigenvalue weighted by molar-refractivity contribution is 9.11. The Hall–Kier alpha value is -0.720. The van der Waals surface area contributed by atoms with Gasteiger partial charge in [-0.1, -0.05) is 52.4 Å². The molecule has 1 fully saturated rings. The lowest BCUT2D eigenvalue weighted by Crippen LogP contribution is -1.92. The van der Waals surface area contributed by atoms with Crippen LogP contribution in [0.25, 0.3) is 29.3 Å². The summed E-state index contributed by atoms with van der Waals surface area (Å²) >= 11 is 11.7. The van der Waals surface area contributed by atoms with E-state index in [0.717, 1.165) is 0 Å². The lowest BCUT2D eigenvalue weighted by Gasteiger charge is -2.05. The topological polar surface area (TPSA) is 0 Å². The van der Waals surface area contributed by atoms with Crippen LogP contribution in [0, 0.1) is 31.6 Å². The zero-order valence-electron chi connectivity index (χ0n) is 24.5. The van der Waals surface area contributed by atoms with Crippen LogP contribution < -0.4 is 0 Å². The first-order valence-electron chi connectivity index (χ1n) is 15.5.